The summed E-state index contributed by atoms with van der Waals surface area (Å²) in [7, 11) is 0. The second kappa shape index (κ2) is 9.71. The zero-order valence-corrected chi connectivity index (χ0v) is 19.5. The fourth-order valence-electron chi connectivity index (χ4n) is 3.57. The molecule has 4 N–H and O–H groups in total. The third-order valence-corrected chi connectivity index (χ3v) is 6.18. The van der Waals surface area contributed by atoms with E-state index < -0.39 is 35.1 Å². The standard InChI is InChI=1S/C25H23ClN4O5/c1-14(24(34)35)12-28-23(33)20-27-13-19(21(31)29-20)22(32)30-25(10-11-25)17-6-2-15(3-7-17)16-4-8-18(26)9-5-16/h2-9,13-14H,10-12H2,1H3,(H,28,33)(H,30,32)(H,34,35)(H,27,29,31). The molecule has 0 bridgehead atoms. The van der Waals surface area contributed by atoms with Gasteiger partial charge in [0, 0.05) is 17.8 Å². The summed E-state index contributed by atoms with van der Waals surface area (Å²) in [5.74, 6) is -4.17. The van der Waals surface area contributed by atoms with Crippen molar-refractivity contribution in [2.24, 2.45) is 5.92 Å². The summed E-state index contributed by atoms with van der Waals surface area (Å²) in [5.41, 5.74) is 2.27. The monoisotopic (exact) mass is 494 g/mol. The Morgan fingerprint density at radius 3 is 2.17 bits per heavy atom. The van der Waals surface area contributed by atoms with E-state index in [4.69, 9.17) is 16.7 Å². The van der Waals surface area contributed by atoms with Crippen LogP contribution in [0.25, 0.3) is 11.1 Å². The molecule has 1 atom stereocenters. The molecule has 10 heteroatoms. The Labute approximate surface area is 206 Å². The number of aromatic nitrogens is 2. The van der Waals surface area contributed by atoms with Crippen molar-refractivity contribution in [3.8, 4) is 17.0 Å². The molecule has 1 unspecified atom stereocenters. The molecule has 35 heavy (non-hydrogen) atoms. The van der Waals surface area contributed by atoms with Crippen molar-refractivity contribution >= 4 is 29.4 Å². The maximum atomic E-state index is 12.9. The third kappa shape index (κ3) is 5.41. The number of nitrogens with zero attached hydrogens (tertiary/aromatic N) is 2. The molecule has 1 aliphatic rings. The van der Waals surface area contributed by atoms with Crippen LogP contribution in [0, 0.1) is 5.92 Å². The molecular weight excluding hydrogens is 472 g/mol. The average molecular weight is 495 g/mol. The summed E-state index contributed by atoms with van der Waals surface area (Å²) < 4.78 is 0. The van der Waals surface area contributed by atoms with Gasteiger partial charge in [-0.1, -0.05) is 54.9 Å². The van der Waals surface area contributed by atoms with Gasteiger partial charge in [-0.2, -0.15) is 4.98 Å². The van der Waals surface area contributed by atoms with Crippen molar-refractivity contribution in [3.05, 3.63) is 76.7 Å². The molecule has 0 aliphatic heterocycles. The first-order chi connectivity index (χ1) is 16.7. The number of carbonyl (C=O) groups is 3. The van der Waals surface area contributed by atoms with Crippen molar-refractivity contribution in [1.82, 2.24) is 20.6 Å². The Balaban J connectivity index is 1.43. The number of aliphatic carboxylic acids is 1. The van der Waals surface area contributed by atoms with E-state index in [2.05, 4.69) is 20.6 Å². The largest absolute Gasteiger partial charge is 0.493 e. The zero-order valence-electron chi connectivity index (χ0n) is 18.8. The highest BCUT2D eigenvalue weighted by Gasteiger charge is 2.46. The Morgan fingerprint density at radius 2 is 1.63 bits per heavy atom. The Morgan fingerprint density at radius 1 is 1.03 bits per heavy atom. The molecule has 1 aliphatic carbocycles. The second-order valence-electron chi connectivity index (χ2n) is 8.50. The predicted molar refractivity (Wildman–Crippen MR) is 128 cm³/mol. The molecular formula is C25H23ClN4O5. The van der Waals surface area contributed by atoms with Gasteiger partial charge < -0.3 is 20.8 Å². The molecule has 1 fully saturated rings. The van der Waals surface area contributed by atoms with Gasteiger partial charge >= 0.3 is 5.97 Å². The molecule has 1 heterocycles. The first kappa shape index (κ1) is 24.2. The second-order valence-corrected chi connectivity index (χ2v) is 8.94. The van der Waals surface area contributed by atoms with Gasteiger partial charge in [-0.05, 0) is 41.7 Å². The average Bonchev–Trinajstić information content (AvgIpc) is 3.63. The molecule has 3 aromatic rings. The number of amides is 2. The van der Waals surface area contributed by atoms with Crippen LogP contribution in [0.1, 0.15) is 46.3 Å². The number of nitrogens with one attached hydrogen (secondary N) is 2. The van der Waals surface area contributed by atoms with Gasteiger partial charge in [-0.15, -0.1) is 0 Å². The van der Waals surface area contributed by atoms with Crippen molar-refractivity contribution in [2.45, 2.75) is 25.3 Å². The quantitative estimate of drug-likeness (QED) is 0.376. The van der Waals surface area contributed by atoms with Crippen LogP contribution in [0.3, 0.4) is 0 Å². The van der Waals surface area contributed by atoms with E-state index >= 15 is 0 Å². The maximum Gasteiger partial charge on any atom is 0.308 e. The molecule has 0 saturated heterocycles. The van der Waals surface area contributed by atoms with Crippen molar-refractivity contribution in [2.75, 3.05) is 6.54 Å². The number of hydrogen-bond donors (Lipinski definition) is 4. The van der Waals surface area contributed by atoms with Crippen molar-refractivity contribution < 1.29 is 24.6 Å². The van der Waals surface area contributed by atoms with Gasteiger partial charge in [0.1, 0.15) is 5.56 Å². The fourth-order valence-corrected chi connectivity index (χ4v) is 3.70. The van der Waals surface area contributed by atoms with Crippen LogP contribution in [0.15, 0.2) is 54.7 Å². The van der Waals surface area contributed by atoms with Crippen LogP contribution in [-0.4, -0.2) is 44.5 Å². The molecule has 2 aromatic carbocycles. The maximum absolute atomic E-state index is 12.9. The normalized spacial score (nSPS) is 14.6. The number of rotatable bonds is 8. The highest BCUT2D eigenvalue weighted by molar-refractivity contribution is 6.30. The molecule has 0 radical (unpaired) electrons. The number of hydrogen-bond acceptors (Lipinski definition) is 6. The summed E-state index contributed by atoms with van der Waals surface area (Å²) >= 11 is 5.96. The van der Waals surface area contributed by atoms with Crippen LogP contribution in [0.5, 0.6) is 5.88 Å². The van der Waals surface area contributed by atoms with E-state index in [-0.39, 0.29) is 17.9 Å². The number of carboxylic acid groups (broad SMARTS) is 1. The van der Waals surface area contributed by atoms with Crippen LogP contribution >= 0.6 is 11.6 Å². The minimum Gasteiger partial charge on any atom is -0.493 e. The lowest BCUT2D eigenvalue weighted by Crippen LogP contribution is -2.35. The molecule has 180 valence electrons. The predicted octanol–water partition coefficient (Wildman–Crippen LogP) is 3.37. The lowest BCUT2D eigenvalue weighted by Gasteiger charge is -2.19. The minimum absolute atomic E-state index is 0.125. The highest BCUT2D eigenvalue weighted by Crippen LogP contribution is 2.46. The summed E-state index contributed by atoms with van der Waals surface area (Å²) in [6.07, 6.45) is 2.55. The van der Waals surface area contributed by atoms with E-state index in [0.717, 1.165) is 35.7 Å². The highest BCUT2D eigenvalue weighted by atomic mass is 35.5. The molecule has 0 spiro atoms. The van der Waals surface area contributed by atoms with E-state index in [9.17, 15) is 19.5 Å². The summed E-state index contributed by atoms with van der Waals surface area (Å²) in [5, 5.41) is 25.1. The summed E-state index contributed by atoms with van der Waals surface area (Å²) in [6, 6.07) is 15.4. The molecule has 2 amide bonds. The Kier molecular flexibility index (Phi) is 6.70. The smallest absolute Gasteiger partial charge is 0.308 e. The number of halogens is 1. The van der Waals surface area contributed by atoms with Gasteiger partial charge in [0.05, 0.1) is 11.5 Å². The number of carbonyl (C=O) groups excluding carboxylic acids is 2. The van der Waals surface area contributed by atoms with Gasteiger partial charge in [0.15, 0.2) is 0 Å². The van der Waals surface area contributed by atoms with Crippen LogP contribution in [0.4, 0.5) is 0 Å². The van der Waals surface area contributed by atoms with E-state index in [0.29, 0.717) is 5.02 Å². The molecule has 4 rings (SSSR count). The molecule has 9 nitrogen and oxygen atoms in total. The van der Waals surface area contributed by atoms with Crippen LogP contribution < -0.4 is 10.6 Å². The number of aromatic hydroxyl groups is 1. The van der Waals surface area contributed by atoms with Crippen molar-refractivity contribution in [3.63, 3.8) is 0 Å². The summed E-state index contributed by atoms with van der Waals surface area (Å²) in [6.45, 7) is 1.31. The fraction of sp³-hybridized carbons (Fsp3) is 0.240. The van der Waals surface area contributed by atoms with Crippen molar-refractivity contribution in [1.29, 1.82) is 0 Å². The van der Waals surface area contributed by atoms with Gasteiger partial charge in [-0.25, -0.2) is 4.98 Å². The molecule has 1 saturated carbocycles. The van der Waals surface area contributed by atoms with E-state index in [1.54, 1.807) is 0 Å². The first-order valence-electron chi connectivity index (χ1n) is 10.9. The summed E-state index contributed by atoms with van der Waals surface area (Å²) in [4.78, 5) is 43.4. The molecule has 1 aromatic heterocycles. The van der Waals surface area contributed by atoms with Gasteiger partial charge in [0.2, 0.25) is 11.7 Å². The topological polar surface area (TPSA) is 142 Å². The number of benzene rings is 2. The Bertz CT molecular complexity index is 1270. The van der Waals surface area contributed by atoms with Gasteiger partial charge in [0.25, 0.3) is 11.8 Å². The van der Waals surface area contributed by atoms with Crippen LogP contribution in [0.2, 0.25) is 5.02 Å². The number of carboxylic acids is 1. The Hall–Kier alpha value is -3.98. The van der Waals surface area contributed by atoms with Gasteiger partial charge in [-0.3, -0.25) is 14.4 Å². The lowest BCUT2D eigenvalue weighted by atomic mass is 9.99. The van der Waals surface area contributed by atoms with E-state index in [1.807, 2.05) is 48.5 Å². The SMILES string of the molecule is CC(CNC(=O)c1ncc(C(=O)NC2(c3ccc(-c4ccc(Cl)cc4)cc3)CC2)c(O)n1)C(=O)O. The lowest BCUT2D eigenvalue weighted by molar-refractivity contribution is -0.140. The minimum atomic E-state index is -1.06. The third-order valence-electron chi connectivity index (χ3n) is 5.92. The zero-order chi connectivity index (χ0) is 25.2. The van der Waals surface area contributed by atoms with Crippen LogP contribution in [-0.2, 0) is 10.3 Å². The van der Waals surface area contributed by atoms with E-state index in [1.165, 1.54) is 6.92 Å². The first-order valence-corrected chi connectivity index (χ1v) is 11.3.